The maximum Gasteiger partial charge on any atom is 0.238 e. The van der Waals surface area contributed by atoms with E-state index in [1.54, 1.807) is 29.7 Å². The number of anilines is 1. The zero-order chi connectivity index (χ0) is 19.9. The lowest BCUT2D eigenvalue weighted by molar-refractivity contribution is -0.117. The zero-order valence-corrected chi connectivity index (χ0v) is 16.9. The van der Waals surface area contributed by atoms with Gasteiger partial charge in [-0.05, 0) is 78.7 Å². The zero-order valence-electron chi connectivity index (χ0n) is 16.0. The van der Waals surface area contributed by atoms with Gasteiger partial charge in [0.2, 0.25) is 11.8 Å². The van der Waals surface area contributed by atoms with Crippen LogP contribution in [0.25, 0.3) is 0 Å². The summed E-state index contributed by atoms with van der Waals surface area (Å²) in [6.07, 6.45) is 3.95. The molecule has 0 unspecified atom stereocenters. The largest absolute Gasteiger partial charge is 0.489 e. The first-order valence-electron chi connectivity index (χ1n) is 9.65. The molecule has 6 nitrogen and oxygen atoms in total. The van der Waals surface area contributed by atoms with Crippen molar-refractivity contribution in [1.82, 2.24) is 9.88 Å². The monoisotopic (exact) mass is 409 g/mol. The highest BCUT2D eigenvalue weighted by molar-refractivity contribution is 7.07. The Morgan fingerprint density at radius 2 is 1.86 bits per heavy atom. The summed E-state index contributed by atoms with van der Waals surface area (Å²) in [7, 11) is 0. The lowest BCUT2D eigenvalue weighted by atomic mass is 10.3. The van der Waals surface area contributed by atoms with Gasteiger partial charge in [-0.2, -0.15) is 11.3 Å². The molecule has 29 heavy (non-hydrogen) atoms. The number of hydrogen-bond acceptors (Lipinski definition) is 6. The molecule has 3 heterocycles. The Hall–Kier alpha value is -2.90. The van der Waals surface area contributed by atoms with E-state index in [2.05, 4.69) is 20.6 Å². The number of ether oxygens (including phenoxy) is 2. The molecule has 1 aliphatic heterocycles. The molecule has 0 atom stereocenters. The predicted molar refractivity (Wildman–Crippen MR) is 114 cm³/mol. The van der Waals surface area contributed by atoms with Crippen LogP contribution in [0.5, 0.6) is 17.4 Å². The standard InChI is InChI=1S/C22H23N3O3S/c26-21(14-25-10-1-2-11-25)24-18-3-8-22(23-13-18)28-20-6-4-19(5-7-20)27-15-17-9-12-29-16-17/h3-9,12-13,16H,1-2,10-11,14-15H2,(H,24,26). The van der Waals surface area contributed by atoms with Gasteiger partial charge in [-0.25, -0.2) is 4.98 Å². The average Bonchev–Trinajstić information content (AvgIpc) is 3.43. The summed E-state index contributed by atoms with van der Waals surface area (Å²) in [4.78, 5) is 18.5. The number of nitrogens with one attached hydrogen (secondary N) is 1. The molecule has 0 bridgehead atoms. The van der Waals surface area contributed by atoms with Crippen molar-refractivity contribution in [3.05, 3.63) is 65.0 Å². The van der Waals surface area contributed by atoms with Gasteiger partial charge < -0.3 is 14.8 Å². The van der Waals surface area contributed by atoms with Gasteiger partial charge in [-0.3, -0.25) is 9.69 Å². The molecule has 1 amide bonds. The quantitative estimate of drug-likeness (QED) is 0.591. The van der Waals surface area contributed by atoms with Gasteiger partial charge in [0, 0.05) is 6.07 Å². The molecule has 4 rings (SSSR count). The van der Waals surface area contributed by atoms with Gasteiger partial charge in [0.15, 0.2) is 0 Å². The number of carbonyl (C=O) groups is 1. The van der Waals surface area contributed by atoms with Crippen LogP contribution in [0.3, 0.4) is 0 Å². The molecule has 2 aromatic heterocycles. The van der Waals surface area contributed by atoms with Gasteiger partial charge in [0.25, 0.3) is 0 Å². The molecule has 1 fully saturated rings. The third-order valence-electron chi connectivity index (χ3n) is 4.62. The molecule has 1 aromatic carbocycles. The lowest BCUT2D eigenvalue weighted by Gasteiger charge is -2.14. The van der Waals surface area contributed by atoms with Crippen LogP contribution < -0.4 is 14.8 Å². The molecule has 7 heteroatoms. The Bertz CT molecular complexity index is 905. The summed E-state index contributed by atoms with van der Waals surface area (Å²) in [5.41, 5.74) is 1.82. The molecule has 0 radical (unpaired) electrons. The minimum atomic E-state index is -0.0135. The minimum Gasteiger partial charge on any atom is -0.489 e. The Kier molecular flexibility index (Phi) is 6.38. The van der Waals surface area contributed by atoms with Crippen LogP contribution in [-0.2, 0) is 11.4 Å². The van der Waals surface area contributed by atoms with Gasteiger partial charge in [0.05, 0.1) is 18.4 Å². The molecule has 150 valence electrons. The van der Waals surface area contributed by atoms with Crippen molar-refractivity contribution in [1.29, 1.82) is 0 Å². The van der Waals surface area contributed by atoms with E-state index in [0.29, 0.717) is 30.5 Å². The highest BCUT2D eigenvalue weighted by Crippen LogP contribution is 2.24. The van der Waals surface area contributed by atoms with Crippen molar-refractivity contribution in [2.75, 3.05) is 25.0 Å². The Morgan fingerprint density at radius 1 is 1.07 bits per heavy atom. The van der Waals surface area contributed by atoms with Crippen molar-refractivity contribution < 1.29 is 14.3 Å². The van der Waals surface area contributed by atoms with Crippen molar-refractivity contribution in [2.24, 2.45) is 0 Å². The van der Waals surface area contributed by atoms with Crippen molar-refractivity contribution in [3.8, 4) is 17.4 Å². The van der Waals surface area contributed by atoms with E-state index < -0.39 is 0 Å². The third-order valence-corrected chi connectivity index (χ3v) is 5.35. The maximum absolute atomic E-state index is 12.1. The van der Waals surface area contributed by atoms with E-state index in [4.69, 9.17) is 9.47 Å². The normalized spacial score (nSPS) is 13.9. The van der Waals surface area contributed by atoms with Crippen LogP contribution in [0.4, 0.5) is 5.69 Å². The third kappa shape index (κ3) is 5.79. The van der Waals surface area contributed by atoms with Gasteiger partial charge >= 0.3 is 0 Å². The molecule has 3 aromatic rings. The topological polar surface area (TPSA) is 63.7 Å². The fourth-order valence-corrected chi connectivity index (χ4v) is 3.78. The predicted octanol–water partition coefficient (Wildman–Crippen LogP) is 4.55. The van der Waals surface area contributed by atoms with Crippen LogP contribution in [0.1, 0.15) is 18.4 Å². The van der Waals surface area contributed by atoms with E-state index in [-0.39, 0.29) is 5.91 Å². The molecule has 1 saturated heterocycles. The number of aromatic nitrogens is 1. The number of rotatable bonds is 8. The van der Waals surface area contributed by atoms with Crippen LogP contribution in [0.15, 0.2) is 59.4 Å². The summed E-state index contributed by atoms with van der Waals surface area (Å²) in [5, 5.41) is 6.98. The smallest absolute Gasteiger partial charge is 0.238 e. The summed E-state index contributed by atoms with van der Waals surface area (Å²) >= 11 is 1.66. The van der Waals surface area contributed by atoms with Gasteiger partial charge in [-0.1, -0.05) is 0 Å². The van der Waals surface area contributed by atoms with E-state index >= 15 is 0 Å². The number of likely N-dealkylation sites (tertiary alicyclic amines) is 1. The number of nitrogens with zero attached hydrogens (tertiary/aromatic N) is 2. The van der Waals surface area contributed by atoms with Crippen molar-refractivity contribution in [2.45, 2.75) is 19.4 Å². The first-order chi connectivity index (χ1) is 14.2. The number of amides is 1. The Morgan fingerprint density at radius 3 is 2.55 bits per heavy atom. The number of pyridine rings is 1. The van der Waals surface area contributed by atoms with Gasteiger partial charge in [-0.15, -0.1) is 0 Å². The fourth-order valence-electron chi connectivity index (χ4n) is 3.13. The highest BCUT2D eigenvalue weighted by atomic mass is 32.1. The maximum atomic E-state index is 12.1. The van der Waals surface area contributed by atoms with Crippen LogP contribution in [-0.4, -0.2) is 35.4 Å². The Labute approximate surface area is 174 Å². The van der Waals surface area contributed by atoms with Crippen molar-refractivity contribution in [3.63, 3.8) is 0 Å². The molecule has 1 aliphatic rings. The van der Waals surface area contributed by atoms with E-state index in [9.17, 15) is 4.79 Å². The van der Waals surface area contributed by atoms with E-state index in [1.807, 2.05) is 35.7 Å². The summed E-state index contributed by atoms with van der Waals surface area (Å²) in [6, 6.07) is 13.0. The van der Waals surface area contributed by atoms with E-state index in [0.717, 1.165) is 24.4 Å². The summed E-state index contributed by atoms with van der Waals surface area (Å²) in [6.45, 7) is 2.97. The molecule has 1 N–H and O–H groups in total. The number of hydrogen-bond donors (Lipinski definition) is 1. The summed E-state index contributed by atoms with van der Waals surface area (Å²) < 4.78 is 11.5. The summed E-state index contributed by atoms with van der Waals surface area (Å²) in [5.74, 6) is 1.91. The minimum absolute atomic E-state index is 0.0135. The van der Waals surface area contributed by atoms with E-state index in [1.165, 1.54) is 12.8 Å². The van der Waals surface area contributed by atoms with Crippen LogP contribution in [0.2, 0.25) is 0 Å². The Balaban J connectivity index is 1.26. The van der Waals surface area contributed by atoms with Crippen LogP contribution in [0, 0.1) is 0 Å². The fraction of sp³-hybridized carbons (Fsp3) is 0.273. The molecule has 0 aliphatic carbocycles. The average molecular weight is 410 g/mol. The van der Waals surface area contributed by atoms with Gasteiger partial charge in [0.1, 0.15) is 18.1 Å². The lowest BCUT2D eigenvalue weighted by Crippen LogP contribution is -2.30. The number of carbonyl (C=O) groups excluding carboxylic acids is 1. The SMILES string of the molecule is O=C(CN1CCCC1)Nc1ccc(Oc2ccc(OCc3ccsc3)cc2)nc1. The molecular weight excluding hydrogens is 386 g/mol. The first kappa shape index (κ1) is 19.4. The highest BCUT2D eigenvalue weighted by Gasteiger charge is 2.15. The molecule has 0 saturated carbocycles. The molecule has 0 spiro atoms. The second kappa shape index (κ2) is 9.54. The van der Waals surface area contributed by atoms with Crippen LogP contribution >= 0.6 is 11.3 Å². The molecular formula is C22H23N3O3S. The first-order valence-corrected chi connectivity index (χ1v) is 10.6. The number of thiophene rings is 1. The van der Waals surface area contributed by atoms with Crippen molar-refractivity contribution >= 4 is 22.9 Å². The number of benzene rings is 1. The second-order valence-corrected chi connectivity index (χ2v) is 7.69. The second-order valence-electron chi connectivity index (χ2n) is 6.91.